The zero-order valence-corrected chi connectivity index (χ0v) is 12.5. The van der Waals surface area contributed by atoms with E-state index in [9.17, 15) is 0 Å². The maximum Gasteiger partial charge on any atom is 0.164 e. The topological polar surface area (TPSA) is 30.2 Å². The Bertz CT molecular complexity index is 754. The van der Waals surface area contributed by atoms with Crippen LogP contribution in [0.15, 0.2) is 42.6 Å². The Labute approximate surface area is 123 Å². The third kappa shape index (κ3) is 2.18. The van der Waals surface area contributed by atoms with E-state index in [1.165, 1.54) is 0 Å². The summed E-state index contributed by atoms with van der Waals surface area (Å²) in [6.45, 7) is 6.38. The van der Waals surface area contributed by atoms with Crippen molar-refractivity contribution in [1.29, 1.82) is 0 Å². The van der Waals surface area contributed by atoms with Crippen molar-refractivity contribution in [3.63, 3.8) is 0 Å². The van der Waals surface area contributed by atoms with Crippen LogP contribution in [-0.2, 0) is 5.41 Å². The van der Waals surface area contributed by atoms with Crippen LogP contribution in [0.4, 0.5) is 0 Å². The molecule has 2 aromatic heterocycles. The Morgan fingerprint density at radius 2 is 1.80 bits per heavy atom. The molecule has 0 unspecified atom stereocenters. The fourth-order valence-electron chi connectivity index (χ4n) is 2.13. The predicted octanol–water partition coefficient (Wildman–Crippen LogP) is 4.35. The number of fused-ring (bicyclic) bond motifs is 1. The van der Waals surface area contributed by atoms with Crippen LogP contribution in [0.25, 0.3) is 16.8 Å². The first-order chi connectivity index (χ1) is 9.47. The average Bonchev–Trinajstić information content (AvgIpc) is 2.83. The maximum atomic E-state index is 6.33. The second-order valence-electron chi connectivity index (χ2n) is 5.87. The lowest BCUT2D eigenvalue weighted by molar-refractivity contribution is 0.568. The first-order valence-corrected chi connectivity index (χ1v) is 6.95. The summed E-state index contributed by atoms with van der Waals surface area (Å²) >= 11 is 6.33. The van der Waals surface area contributed by atoms with Gasteiger partial charge in [-0.3, -0.25) is 0 Å². The van der Waals surface area contributed by atoms with E-state index in [0.717, 1.165) is 22.5 Å². The van der Waals surface area contributed by atoms with Crippen molar-refractivity contribution in [3.05, 3.63) is 53.4 Å². The molecular weight excluding hydrogens is 270 g/mol. The number of nitrogens with zero attached hydrogens (tertiary/aromatic N) is 3. The van der Waals surface area contributed by atoms with Crippen LogP contribution in [0, 0.1) is 0 Å². The standard InChI is InChI=1S/C16H16ClN3/c1-16(2,3)13-9-14(17)20-15(19-13)12(10-18-20)11-7-5-4-6-8-11/h4-10H,1-3H3. The van der Waals surface area contributed by atoms with Crippen molar-refractivity contribution >= 4 is 17.2 Å². The van der Waals surface area contributed by atoms with Gasteiger partial charge in [-0.05, 0) is 11.6 Å². The normalized spacial score (nSPS) is 12.0. The molecular formula is C16H16ClN3. The van der Waals surface area contributed by atoms with Crippen LogP contribution in [0.1, 0.15) is 26.5 Å². The molecule has 0 N–H and O–H groups in total. The lowest BCUT2D eigenvalue weighted by Crippen LogP contribution is -2.14. The molecule has 0 atom stereocenters. The molecule has 20 heavy (non-hydrogen) atoms. The van der Waals surface area contributed by atoms with Crippen molar-refractivity contribution in [3.8, 4) is 11.1 Å². The molecule has 3 aromatic rings. The second kappa shape index (κ2) is 4.60. The zero-order chi connectivity index (χ0) is 14.3. The summed E-state index contributed by atoms with van der Waals surface area (Å²) in [7, 11) is 0. The molecule has 0 bridgehead atoms. The Morgan fingerprint density at radius 1 is 1.10 bits per heavy atom. The highest BCUT2D eigenvalue weighted by atomic mass is 35.5. The minimum Gasteiger partial charge on any atom is -0.232 e. The van der Waals surface area contributed by atoms with E-state index in [-0.39, 0.29) is 5.41 Å². The molecule has 4 heteroatoms. The van der Waals surface area contributed by atoms with Gasteiger partial charge in [0.1, 0.15) is 5.15 Å². The van der Waals surface area contributed by atoms with Crippen molar-refractivity contribution in [2.75, 3.05) is 0 Å². The third-order valence-electron chi connectivity index (χ3n) is 3.28. The highest BCUT2D eigenvalue weighted by molar-refractivity contribution is 6.29. The van der Waals surface area contributed by atoms with Gasteiger partial charge in [-0.15, -0.1) is 0 Å². The van der Waals surface area contributed by atoms with E-state index in [1.807, 2.05) is 30.5 Å². The van der Waals surface area contributed by atoms with Gasteiger partial charge in [0.15, 0.2) is 5.65 Å². The van der Waals surface area contributed by atoms with E-state index >= 15 is 0 Å². The highest BCUT2D eigenvalue weighted by Crippen LogP contribution is 2.29. The number of benzene rings is 1. The molecule has 0 aliphatic rings. The monoisotopic (exact) mass is 285 g/mol. The van der Waals surface area contributed by atoms with Gasteiger partial charge in [0.05, 0.1) is 11.9 Å². The van der Waals surface area contributed by atoms with Crippen LogP contribution < -0.4 is 0 Å². The summed E-state index contributed by atoms with van der Waals surface area (Å²) in [5, 5.41) is 4.93. The van der Waals surface area contributed by atoms with E-state index in [4.69, 9.17) is 16.6 Å². The molecule has 0 fully saturated rings. The van der Waals surface area contributed by atoms with Gasteiger partial charge in [0.25, 0.3) is 0 Å². The summed E-state index contributed by atoms with van der Waals surface area (Å²) in [5.74, 6) is 0. The summed E-state index contributed by atoms with van der Waals surface area (Å²) in [6, 6.07) is 12.0. The molecule has 102 valence electrons. The first kappa shape index (κ1) is 13.1. The van der Waals surface area contributed by atoms with Gasteiger partial charge in [0.2, 0.25) is 0 Å². The van der Waals surface area contributed by atoms with Crippen LogP contribution >= 0.6 is 11.6 Å². The Morgan fingerprint density at radius 3 is 2.45 bits per heavy atom. The maximum absolute atomic E-state index is 6.33. The number of halogens is 1. The number of hydrogen-bond acceptors (Lipinski definition) is 2. The molecule has 0 radical (unpaired) electrons. The number of rotatable bonds is 1. The molecule has 3 rings (SSSR count). The molecule has 0 aliphatic heterocycles. The summed E-state index contributed by atoms with van der Waals surface area (Å²) in [5.41, 5.74) is 3.81. The fraction of sp³-hybridized carbons (Fsp3) is 0.250. The highest BCUT2D eigenvalue weighted by Gasteiger charge is 2.19. The molecule has 0 saturated heterocycles. The van der Waals surface area contributed by atoms with E-state index < -0.39 is 0 Å². The molecule has 0 aliphatic carbocycles. The minimum absolute atomic E-state index is 0.0520. The lowest BCUT2D eigenvalue weighted by atomic mass is 9.92. The van der Waals surface area contributed by atoms with E-state index in [0.29, 0.717) is 5.15 Å². The van der Waals surface area contributed by atoms with Crippen molar-refractivity contribution in [2.45, 2.75) is 26.2 Å². The zero-order valence-electron chi connectivity index (χ0n) is 11.8. The average molecular weight is 286 g/mol. The van der Waals surface area contributed by atoms with Gasteiger partial charge in [-0.2, -0.15) is 5.10 Å². The largest absolute Gasteiger partial charge is 0.232 e. The molecule has 0 spiro atoms. The molecule has 2 heterocycles. The molecule has 3 nitrogen and oxygen atoms in total. The SMILES string of the molecule is CC(C)(C)c1cc(Cl)n2ncc(-c3ccccc3)c2n1. The summed E-state index contributed by atoms with van der Waals surface area (Å²) in [6.07, 6.45) is 1.82. The number of aromatic nitrogens is 3. The third-order valence-corrected chi connectivity index (χ3v) is 3.55. The van der Waals surface area contributed by atoms with Crippen LogP contribution in [0.5, 0.6) is 0 Å². The molecule has 0 saturated carbocycles. The van der Waals surface area contributed by atoms with Crippen LogP contribution in [-0.4, -0.2) is 14.6 Å². The van der Waals surface area contributed by atoms with E-state index in [2.05, 4.69) is 38.0 Å². The Hall–Kier alpha value is -1.87. The summed E-state index contributed by atoms with van der Waals surface area (Å²) in [4.78, 5) is 4.76. The quantitative estimate of drug-likeness (QED) is 0.622. The Balaban J connectivity index is 2.28. The van der Waals surface area contributed by atoms with Gasteiger partial charge in [-0.25, -0.2) is 9.50 Å². The van der Waals surface area contributed by atoms with Crippen molar-refractivity contribution in [1.82, 2.24) is 14.6 Å². The number of hydrogen-bond donors (Lipinski definition) is 0. The molecule has 1 aromatic carbocycles. The van der Waals surface area contributed by atoms with Crippen LogP contribution in [0.3, 0.4) is 0 Å². The smallest absolute Gasteiger partial charge is 0.164 e. The molecule has 0 amide bonds. The van der Waals surface area contributed by atoms with Crippen LogP contribution in [0.2, 0.25) is 5.15 Å². The lowest BCUT2D eigenvalue weighted by Gasteiger charge is -2.18. The minimum atomic E-state index is -0.0520. The van der Waals surface area contributed by atoms with Gasteiger partial charge in [0, 0.05) is 11.0 Å². The predicted molar refractivity (Wildman–Crippen MR) is 82.1 cm³/mol. The van der Waals surface area contributed by atoms with Gasteiger partial charge >= 0.3 is 0 Å². The fourth-order valence-corrected chi connectivity index (χ4v) is 2.36. The summed E-state index contributed by atoms with van der Waals surface area (Å²) < 4.78 is 1.68. The van der Waals surface area contributed by atoms with Crippen molar-refractivity contribution in [2.24, 2.45) is 0 Å². The Kier molecular flexibility index (Phi) is 3.02. The van der Waals surface area contributed by atoms with Gasteiger partial charge < -0.3 is 0 Å². The second-order valence-corrected chi connectivity index (χ2v) is 6.26. The van der Waals surface area contributed by atoms with E-state index in [1.54, 1.807) is 4.52 Å². The van der Waals surface area contributed by atoms with Gasteiger partial charge in [-0.1, -0.05) is 62.7 Å². The first-order valence-electron chi connectivity index (χ1n) is 6.57. The van der Waals surface area contributed by atoms with Crippen molar-refractivity contribution < 1.29 is 0 Å².